The van der Waals surface area contributed by atoms with Crippen LogP contribution in [0.25, 0.3) is 0 Å². The quantitative estimate of drug-likeness (QED) is 0.843. The zero-order valence-electron chi connectivity index (χ0n) is 11.4. The van der Waals surface area contributed by atoms with E-state index in [1.54, 1.807) is 25.2 Å². The highest BCUT2D eigenvalue weighted by atomic mass is 32.2. The van der Waals surface area contributed by atoms with Crippen molar-refractivity contribution in [2.24, 2.45) is 0 Å². The first-order chi connectivity index (χ1) is 9.54. The second-order valence-corrected chi connectivity index (χ2v) is 7.24. The molecule has 0 atom stereocenters. The van der Waals surface area contributed by atoms with Crippen LogP contribution < -0.4 is 0 Å². The van der Waals surface area contributed by atoms with Gasteiger partial charge in [-0.3, -0.25) is 0 Å². The van der Waals surface area contributed by atoms with E-state index in [1.165, 1.54) is 4.31 Å². The van der Waals surface area contributed by atoms with Gasteiger partial charge >= 0.3 is 0 Å². The van der Waals surface area contributed by atoms with Crippen LogP contribution >= 0.6 is 0 Å². The number of nitriles is 1. The smallest absolute Gasteiger partial charge is 0.217 e. The zero-order chi connectivity index (χ0) is 14.6. The SMILES string of the molecule is CN(Cc1cccc(C#N)c1)S(=O)(=O)C1CCOCC1. The van der Waals surface area contributed by atoms with Crippen molar-refractivity contribution in [2.75, 3.05) is 20.3 Å². The van der Waals surface area contributed by atoms with Gasteiger partial charge in [-0.05, 0) is 30.5 Å². The minimum absolute atomic E-state index is 0.287. The van der Waals surface area contributed by atoms with Crippen LogP contribution in [0, 0.1) is 11.3 Å². The highest BCUT2D eigenvalue weighted by Crippen LogP contribution is 2.20. The number of sulfonamides is 1. The third kappa shape index (κ3) is 3.37. The van der Waals surface area contributed by atoms with Crippen molar-refractivity contribution in [3.8, 4) is 6.07 Å². The molecule has 1 aliphatic heterocycles. The molecule has 0 amide bonds. The fourth-order valence-electron chi connectivity index (χ4n) is 2.31. The van der Waals surface area contributed by atoms with E-state index in [2.05, 4.69) is 6.07 Å². The molecule has 1 fully saturated rings. The Morgan fingerprint density at radius 3 is 2.75 bits per heavy atom. The van der Waals surface area contributed by atoms with Crippen LogP contribution in [0.2, 0.25) is 0 Å². The molecule has 0 unspecified atom stereocenters. The Hall–Kier alpha value is -1.42. The highest BCUT2D eigenvalue weighted by Gasteiger charge is 2.31. The maximum absolute atomic E-state index is 12.4. The molecule has 20 heavy (non-hydrogen) atoms. The molecule has 5 nitrogen and oxygen atoms in total. The van der Waals surface area contributed by atoms with E-state index in [-0.39, 0.29) is 11.8 Å². The molecule has 0 spiro atoms. The van der Waals surface area contributed by atoms with Crippen LogP contribution in [-0.4, -0.2) is 38.2 Å². The summed E-state index contributed by atoms with van der Waals surface area (Å²) in [5.41, 5.74) is 1.36. The van der Waals surface area contributed by atoms with Crippen molar-refractivity contribution >= 4 is 10.0 Å². The van der Waals surface area contributed by atoms with Crippen molar-refractivity contribution < 1.29 is 13.2 Å². The van der Waals surface area contributed by atoms with Crippen LogP contribution in [0.5, 0.6) is 0 Å². The van der Waals surface area contributed by atoms with Gasteiger partial charge in [-0.1, -0.05) is 12.1 Å². The van der Waals surface area contributed by atoms with Gasteiger partial charge in [0.15, 0.2) is 0 Å². The van der Waals surface area contributed by atoms with Crippen molar-refractivity contribution in [3.05, 3.63) is 35.4 Å². The average Bonchev–Trinajstić information content (AvgIpc) is 2.48. The van der Waals surface area contributed by atoms with E-state index >= 15 is 0 Å². The van der Waals surface area contributed by atoms with E-state index in [0.717, 1.165) is 5.56 Å². The lowest BCUT2D eigenvalue weighted by Crippen LogP contribution is -2.38. The van der Waals surface area contributed by atoms with E-state index in [4.69, 9.17) is 10.00 Å². The van der Waals surface area contributed by atoms with E-state index in [1.807, 2.05) is 6.07 Å². The molecule has 1 heterocycles. The molecule has 0 radical (unpaired) electrons. The van der Waals surface area contributed by atoms with Crippen LogP contribution in [0.15, 0.2) is 24.3 Å². The van der Waals surface area contributed by atoms with Gasteiger partial charge in [0.05, 0.1) is 16.9 Å². The predicted octanol–water partition coefficient (Wildman–Crippen LogP) is 1.50. The summed E-state index contributed by atoms with van der Waals surface area (Å²) in [6.07, 6.45) is 1.09. The molecule has 2 rings (SSSR count). The molecular formula is C14H18N2O3S. The second kappa shape index (κ2) is 6.35. The molecule has 6 heteroatoms. The number of hydrogen-bond acceptors (Lipinski definition) is 4. The van der Waals surface area contributed by atoms with Gasteiger partial charge in [0, 0.05) is 26.8 Å². The highest BCUT2D eigenvalue weighted by molar-refractivity contribution is 7.89. The minimum Gasteiger partial charge on any atom is -0.381 e. The monoisotopic (exact) mass is 294 g/mol. The number of rotatable bonds is 4. The van der Waals surface area contributed by atoms with E-state index in [9.17, 15) is 8.42 Å². The third-order valence-corrected chi connectivity index (χ3v) is 5.80. The number of benzene rings is 1. The topological polar surface area (TPSA) is 70.4 Å². The molecule has 0 saturated carbocycles. The maximum atomic E-state index is 12.4. The molecule has 0 N–H and O–H groups in total. The lowest BCUT2D eigenvalue weighted by atomic mass is 10.1. The number of nitrogens with zero attached hydrogens (tertiary/aromatic N) is 2. The normalized spacial score (nSPS) is 17.1. The first-order valence-corrected chi connectivity index (χ1v) is 8.06. The van der Waals surface area contributed by atoms with Gasteiger partial charge in [-0.25, -0.2) is 12.7 Å². The van der Waals surface area contributed by atoms with Gasteiger partial charge in [-0.2, -0.15) is 5.26 Å². The fraction of sp³-hybridized carbons (Fsp3) is 0.500. The van der Waals surface area contributed by atoms with E-state index < -0.39 is 10.0 Å². The fourth-order valence-corrected chi connectivity index (χ4v) is 3.94. The van der Waals surface area contributed by atoms with Crippen molar-refractivity contribution in [3.63, 3.8) is 0 Å². The summed E-state index contributed by atoms with van der Waals surface area (Å²) < 4.78 is 31.5. The average molecular weight is 294 g/mol. The summed E-state index contributed by atoms with van der Waals surface area (Å²) in [6.45, 7) is 1.29. The summed E-state index contributed by atoms with van der Waals surface area (Å²) in [5, 5.41) is 8.50. The first kappa shape index (κ1) is 15.0. The van der Waals surface area contributed by atoms with Crippen LogP contribution in [0.1, 0.15) is 24.0 Å². The lowest BCUT2D eigenvalue weighted by Gasteiger charge is -2.27. The molecule has 1 aromatic carbocycles. The van der Waals surface area contributed by atoms with Crippen molar-refractivity contribution in [1.29, 1.82) is 5.26 Å². The predicted molar refractivity (Wildman–Crippen MR) is 75.4 cm³/mol. The molecule has 1 aromatic rings. The Bertz CT molecular complexity index is 601. The molecule has 0 aromatic heterocycles. The number of ether oxygens (including phenoxy) is 1. The first-order valence-electron chi connectivity index (χ1n) is 6.56. The molecule has 0 aliphatic carbocycles. The summed E-state index contributed by atoms with van der Waals surface area (Å²) >= 11 is 0. The van der Waals surface area contributed by atoms with Gasteiger partial charge < -0.3 is 4.74 Å². The maximum Gasteiger partial charge on any atom is 0.217 e. The van der Waals surface area contributed by atoms with E-state index in [0.29, 0.717) is 31.6 Å². The van der Waals surface area contributed by atoms with Crippen LogP contribution in [-0.2, 0) is 21.3 Å². The summed E-state index contributed by atoms with van der Waals surface area (Å²) in [7, 11) is -1.72. The lowest BCUT2D eigenvalue weighted by molar-refractivity contribution is 0.0973. The van der Waals surface area contributed by atoms with Crippen molar-refractivity contribution in [2.45, 2.75) is 24.6 Å². The Morgan fingerprint density at radius 1 is 1.40 bits per heavy atom. The summed E-state index contributed by atoms with van der Waals surface area (Å²) in [4.78, 5) is 0. The van der Waals surface area contributed by atoms with Gasteiger partial charge in [0.2, 0.25) is 10.0 Å². The van der Waals surface area contributed by atoms with Crippen LogP contribution in [0.3, 0.4) is 0 Å². The third-order valence-electron chi connectivity index (χ3n) is 3.49. The molecule has 108 valence electrons. The molecule has 1 saturated heterocycles. The second-order valence-electron chi connectivity index (χ2n) is 4.92. The largest absolute Gasteiger partial charge is 0.381 e. The molecule has 1 aliphatic rings. The zero-order valence-corrected chi connectivity index (χ0v) is 12.3. The minimum atomic E-state index is -3.31. The van der Waals surface area contributed by atoms with Crippen molar-refractivity contribution in [1.82, 2.24) is 4.31 Å². The Balaban J connectivity index is 2.10. The Kier molecular flexibility index (Phi) is 4.76. The number of hydrogen-bond donors (Lipinski definition) is 0. The van der Waals surface area contributed by atoms with Crippen LogP contribution in [0.4, 0.5) is 0 Å². The molecule has 0 bridgehead atoms. The van der Waals surface area contributed by atoms with Gasteiger partial charge in [-0.15, -0.1) is 0 Å². The summed E-state index contributed by atoms with van der Waals surface area (Å²) in [6, 6.07) is 9.08. The van der Waals surface area contributed by atoms with Gasteiger partial charge in [0.1, 0.15) is 0 Å². The Morgan fingerprint density at radius 2 is 2.10 bits per heavy atom. The van der Waals surface area contributed by atoms with Gasteiger partial charge in [0.25, 0.3) is 0 Å². The standard InChI is InChI=1S/C14H18N2O3S/c1-16(11-13-4-2-3-12(9-13)10-15)20(17,18)14-5-7-19-8-6-14/h2-4,9,14H,5-8,11H2,1H3. The Labute approximate surface area is 119 Å². The molecular weight excluding hydrogens is 276 g/mol. The summed E-state index contributed by atoms with van der Waals surface area (Å²) in [5.74, 6) is 0.